The van der Waals surface area contributed by atoms with E-state index >= 15 is 0 Å². The zero-order valence-electron chi connectivity index (χ0n) is 15.6. The van der Waals surface area contributed by atoms with Crippen molar-refractivity contribution in [2.24, 2.45) is 0 Å². The van der Waals surface area contributed by atoms with E-state index in [1.807, 2.05) is 0 Å². The van der Waals surface area contributed by atoms with E-state index in [0.29, 0.717) is 0 Å². The third-order valence-corrected chi connectivity index (χ3v) is 7.24. The molecule has 0 unspecified atom stereocenters. The smallest absolute Gasteiger partial charge is 0.166 e. The lowest BCUT2D eigenvalue weighted by molar-refractivity contribution is 0.645. The molecule has 0 saturated heterocycles. The Morgan fingerprint density at radius 1 is 0.571 bits per heavy atom. The van der Waals surface area contributed by atoms with Crippen molar-refractivity contribution in [1.29, 1.82) is 0 Å². The first kappa shape index (κ1) is 18.7. The van der Waals surface area contributed by atoms with Crippen molar-refractivity contribution in [3.8, 4) is 5.75 Å². The van der Waals surface area contributed by atoms with Crippen molar-refractivity contribution in [1.82, 2.24) is 0 Å². The van der Waals surface area contributed by atoms with E-state index in [-0.39, 0.29) is 10.9 Å². The Kier molecular flexibility index (Phi) is 6.05. The molecule has 0 saturated carbocycles. The van der Waals surface area contributed by atoms with Gasteiger partial charge in [0.05, 0.1) is 22.9 Å². The quantitative estimate of drug-likeness (QED) is 0.250. The fourth-order valence-electron chi connectivity index (χ4n) is 2.84. The molecule has 28 heavy (non-hydrogen) atoms. The summed E-state index contributed by atoms with van der Waals surface area (Å²) in [6, 6.07) is 38.2. The minimum absolute atomic E-state index is 0.128. The molecule has 1 nitrogen and oxygen atoms in total. The molecule has 0 N–H and O–H groups in total. The number of hydrogen-bond acceptors (Lipinski definition) is 2. The van der Waals surface area contributed by atoms with Gasteiger partial charge >= 0.3 is 0 Å². The van der Waals surface area contributed by atoms with Gasteiger partial charge in [0.25, 0.3) is 0 Å². The molecule has 0 aromatic heterocycles. The highest BCUT2D eigenvalue weighted by Gasteiger charge is 2.28. The van der Waals surface area contributed by atoms with E-state index < -0.39 is 0 Å². The van der Waals surface area contributed by atoms with Crippen LogP contribution in [0.25, 0.3) is 0 Å². The summed E-state index contributed by atoms with van der Waals surface area (Å²) in [7, 11) is -0.128. The standard InChI is InChI=1S/C25H21OS2/c1-20-12-16-22(17-13-20)27-26-21-14-18-25(19-15-21)28(23-8-4-2-5-9-23)24-10-6-3-7-11-24/h2-19H,1H3/q+1. The van der Waals surface area contributed by atoms with Crippen molar-refractivity contribution < 1.29 is 4.18 Å². The van der Waals surface area contributed by atoms with Gasteiger partial charge in [-0.05, 0) is 67.6 Å². The molecular weight excluding hydrogens is 380 g/mol. The molecular formula is C25H21OS2+. The van der Waals surface area contributed by atoms with Gasteiger partial charge in [-0.3, -0.25) is 0 Å². The van der Waals surface area contributed by atoms with E-state index in [9.17, 15) is 0 Å². The summed E-state index contributed by atoms with van der Waals surface area (Å²) in [5.41, 5.74) is 1.25. The normalized spacial score (nSPS) is 10.8. The van der Waals surface area contributed by atoms with Gasteiger partial charge in [-0.2, -0.15) is 0 Å². The van der Waals surface area contributed by atoms with E-state index in [1.165, 1.54) is 32.3 Å². The number of rotatable bonds is 6. The molecule has 4 aromatic carbocycles. The zero-order chi connectivity index (χ0) is 19.2. The molecule has 0 aliphatic heterocycles. The predicted octanol–water partition coefficient (Wildman–Crippen LogP) is 7.18. The molecule has 4 aromatic rings. The average Bonchev–Trinajstić information content (AvgIpc) is 2.76. The summed E-state index contributed by atoms with van der Waals surface area (Å²) in [4.78, 5) is 5.01. The first-order valence-electron chi connectivity index (χ1n) is 9.15. The molecule has 0 radical (unpaired) electrons. The van der Waals surface area contributed by atoms with Crippen LogP contribution in [0, 0.1) is 6.92 Å². The van der Waals surface area contributed by atoms with Crippen molar-refractivity contribution in [2.75, 3.05) is 0 Å². The predicted molar refractivity (Wildman–Crippen MR) is 119 cm³/mol. The zero-order valence-corrected chi connectivity index (χ0v) is 17.3. The van der Waals surface area contributed by atoms with Gasteiger partial charge in [0, 0.05) is 4.90 Å². The molecule has 0 aliphatic carbocycles. The van der Waals surface area contributed by atoms with Gasteiger partial charge in [-0.15, -0.1) is 0 Å². The Morgan fingerprint density at radius 3 is 1.61 bits per heavy atom. The third kappa shape index (κ3) is 4.61. The molecule has 0 heterocycles. The molecule has 0 atom stereocenters. The van der Waals surface area contributed by atoms with Crippen LogP contribution in [0.15, 0.2) is 129 Å². The lowest BCUT2D eigenvalue weighted by Crippen LogP contribution is -2.04. The maximum Gasteiger partial charge on any atom is 0.166 e. The molecule has 0 fully saturated rings. The van der Waals surface area contributed by atoms with Crippen LogP contribution in [0.4, 0.5) is 0 Å². The monoisotopic (exact) mass is 401 g/mol. The summed E-state index contributed by atoms with van der Waals surface area (Å²) in [5.74, 6) is 0.860. The van der Waals surface area contributed by atoms with Crippen molar-refractivity contribution in [3.63, 3.8) is 0 Å². The van der Waals surface area contributed by atoms with Crippen molar-refractivity contribution in [3.05, 3.63) is 115 Å². The summed E-state index contributed by atoms with van der Waals surface area (Å²) in [5, 5.41) is 0. The molecule has 3 heteroatoms. The Bertz CT molecular complexity index is 958. The highest BCUT2D eigenvalue weighted by molar-refractivity contribution is 7.97. The van der Waals surface area contributed by atoms with Crippen LogP contribution < -0.4 is 4.18 Å². The molecule has 0 aliphatic rings. The van der Waals surface area contributed by atoms with Gasteiger partial charge in [0.1, 0.15) is 5.75 Å². The Balaban J connectivity index is 1.55. The van der Waals surface area contributed by atoms with Crippen LogP contribution in [0.5, 0.6) is 5.75 Å². The van der Waals surface area contributed by atoms with E-state index in [4.69, 9.17) is 4.18 Å². The SMILES string of the molecule is Cc1ccc(SOc2ccc([S+](c3ccccc3)c3ccccc3)cc2)cc1. The number of benzene rings is 4. The molecule has 0 amide bonds. The topological polar surface area (TPSA) is 9.23 Å². The first-order valence-corrected chi connectivity index (χ1v) is 11.1. The summed E-state index contributed by atoms with van der Waals surface area (Å²) in [6.45, 7) is 2.09. The molecule has 0 spiro atoms. The van der Waals surface area contributed by atoms with Crippen molar-refractivity contribution >= 4 is 22.9 Å². The van der Waals surface area contributed by atoms with E-state index in [2.05, 4.69) is 116 Å². The minimum atomic E-state index is -0.128. The molecule has 138 valence electrons. The fourth-order valence-corrected chi connectivity index (χ4v) is 5.48. The van der Waals surface area contributed by atoms with Gasteiger partial charge in [-0.1, -0.05) is 54.1 Å². The maximum absolute atomic E-state index is 5.90. The van der Waals surface area contributed by atoms with Gasteiger partial charge < -0.3 is 4.18 Å². The average molecular weight is 402 g/mol. The summed E-state index contributed by atoms with van der Waals surface area (Å²) in [6.07, 6.45) is 0. The van der Waals surface area contributed by atoms with Gasteiger partial charge in [-0.25, -0.2) is 0 Å². The largest absolute Gasteiger partial charge is 0.421 e. The third-order valence-electron chi connectivity index (χ3n) is 4.27. The second-order valence-corrected chi connectivity index (χ2v) is 9.21. The van der Waals surface area contributed by atoms with Gasteiger partial charge in [0.15, 0.2) is 14.7 Å². The van der Waals surface area contributed by atoms with E-state index in [0.717, 1.165) is 10.6 Å². The van der Waals surface area contributed by atoms with Crippen LogP contribution >= 0.6 is 12.0 Å². The maximum atomic E-state index is 5.90. The molecule has 4 rings (SSSR count). The second-order valence-electron chi connectivity index (χ2n) is 6.38. The number of aryl methyl sites for hydroxylation is 1. The van der Waals surface area contributed by atoms with Crippen molar-refractivity contribution in [2.45, 2.75) is 26.5 Å². The first-order chi connectivity index (χ1) is 13.8. The van der Waals surface area contributed by atoms with Crippen LogP contribution in [-0.2, 0) is 10.9 Å². The Hall–Kier alpha value is -2.62. The Labute approximate surface area is 174 Å². The Morgan fingerprint density at radius 2 is 1.07 bits per heavy atom. The van der Waals surface area contributed by atoms with Crippen LogP contribution in [0.2, 0.25) is 0 Å². The summed E-state index contributed by atoms with van der Waals surface area (Å²) < 4.78 is 5.90. The second kappa shape index (κ2) is 9.05. The van der Waals surface area contributed by atoms with E-state index in [1.54, 1.807) is 0 Å². The molecule has 0 bridgehead atoms. The fraction of sp³-hybridized carbons (Fsp3) is 0.0400. The lowest BCUT2D eigenvalue weighted by Gasteiger charge is -2.09. The highest BCUT2D eigenvalue weighted by Crippen LogP contribution is 2.32. The highest BCUT2D eigenvalue weighted by atomic mass is 32.2. The van der Waals surface area contributed by atoms with Crippen LogP contribution in [-0.4, -0.2) is 0 Å². The van der Waals surface area contributed by atoms with Crippen LogP contribution in [0.3, 0.4) is 0 Å². The van der Waals surface area contributed by atoms with Crippen LogP contribution in [0.1, 0.15) is 5.56 Å². The lowest BCUT2D eigenvalue weighted by atomic mass is 10.2. The minimum Gasteiger partial charge on any atom is -0.421 e. The summed E-state index contributed by atoms with van der Waals surface area (Å²) >= 11 is 1.39. The number of hydrogen-bond donors (Lipinski definition) is 0. The van der Waals surface area contributed by atoms with Gasteiger partial charge in [0.2, 0.25) is 0 Å².